The number of rotatable bonds is 4. The summed E-state index contributed by atoms with van der Waals surface area (Å²) in [4.78, 5) is 11.3. The van der Waals surface area contributed by atoms with Crippen molar-refractivity contribution in [3.63, 3.8) is 0 Å². The molecular weight excluding hydrogens is 274 g/mol. The van der Waals surface area contributed by atoms with Crippen molar-refractivity contribution in [1.82, 2.24) is 0 Å². The van der Waals surface area contributed by atoms with Gasteiger partial charge in [0.2, 0.25) is 0 Å². The van der Waals surface area contributed by atoms with Crippen LogP contribution in [0.15, 0.2) is 54.6 Å². The Morgan fingerprint density at radius 1 is 1.05 bits per heavy atom. The summed E-state index contributed by atoms with van der Waals surface area (Å²) < 4.78 is 4.61. The number of carbonyl (C=O) groups is 1. The van der Waals surface area contributed by atoms with Crippen molar-refractivity contribution in [2.75, 3.05) is 7.11 Å². The van der Waals surface area contributed by atoms with Crippen LogP contribution >= 0.6 is 12.4 Å². The molecule has 20 heavy (non-hydrogen) atoms. The van der Waals surface area contributed by atoms with Gasteiger partial charge in [0.15, 0.2) is 0 Å². The molecule has 0 radical (unpaired) electrons. The molecule has 0 unspecified atom stereocenters. The Balaban J connectivity index is 0.00000200. The Labute approximate surface area is 125 Å². The van der Waals surface area contributed by atoms with E-state index in [0.29, 0.717) is 6.42 Å². The highest BCUT2D eigenvalue weighted by Gasteiger charge is 2.13. The Hall–Kier alpha value is -1.84. The molecule has 0 aliphatic carbocycles. The Morgan fingerprint density at radius 3 is 2.15 bits per heavy atom. The summed E-state index contributed by atoms with van der Waals surface area (Å²) in [5, 5.41) is 0. The molecule has 0 fully saturated rings. The van der Waals surface area contributed by atoms with Crippen molar-refractivity contribution in [1.29, 1.82) is 0 Å². The number of ether oxygens (including phenoxy) is 1. The van der Waals surface area contributed by atoms with Gasteiger partial charge in [-0.1, -0.05) is 54.6 Å². The highest BCUT2D eigenvalue weighted by molar-refractivity contribution is 5.85. The summed E-state index contributed by atoms with van der Waals surface area (Å²) in [6.45, 7) is 0. The summed E-state index contributed by atoms with van der Waals surface area (Å²) >= 11 is 0. The van der Waals surface area contributed by atoms with E-state index in [-0.39, 0.29) is 18.4 Å². The number of hydrogen-bond acceptors (Lipinski definition) is 3. The molecule has 0 aliphatic heterocycles. The first-order valence-corrected chi connectivity index (χ1v) is 6.18. The van der Waals surface area contributed by atoms with Crippen LogP contribution in [0.1, 0.15) is 5.56 Å². The molecule has 0 saturated heterocycles. The van der Waals surface area contributed by atoms with E-state index in [1.807, 2.05) is 42.5 Å². The van der Waals surface area contributed by atoms with Gasteiger partial charge in [-0.15, -0.1) is 12.4 Å². The molecule has 3 nitrogen and oxygen atoms in total. The maximum atomic E-state index is 11.3. The molecule has 1 atom stereocenters. The maximum Gasteiger partial charge on any atom is 0.322 e. The van der Waals surface area contributed by atoms with Gasteiger partial charge in [0.1, 0.15) is 6.04 Å². The SMILES string of the molecule is COC(=O)[C@H](N)Cc1ccc(-c2ccccc2)cc1.Cl. The van der Waals surface area contributed by atoms with Crippen molar-refractivity contribution in [3.8, 4) is 11.1 Å². The minimum absolute atomic E-state index is 0. The van der Waals surface area contributed by atoms with Gasteiger partial charge in [0, 0.05) is 0 Å². The van der Waals surface area contributed by atoms with E-state index in [9.17, 15) is 4.79 Å². The number of esters is 1. The smallest absolute Gasteiger partial charge is 0.322 e. The second kappa shape index (κ2) is 7.68. The van der Waals surface area contributed by atoms with E-state index in [0.717, 1.165) is 11.1 Å². The largest absolute Gasteiger partial charge is 0.468 e. The zero-order chi connectivity index (χ0) is 13.7. The monoisotopic (exact) mass is 291 g/mol. The molecular formula is C16H18ClNO2. The van der Waals surface area contributed by atoms with Crippen LogP contribution < -0.4 is 5.73 Å². The van der Waals surface area contributed by atoms with Gasteiger partial charge in [-0.3, -0.25) is 4.79 Å². The summed E-state index contributed by atoms with van der Waals surface area (Å²) in [5.74, 6) is -0.382. The van der Waals surface area contributed by atoms with Gasteiger partial charge in [-0.05, 0) is 23.1 Å². The van der Waals surface area contributed by atoms with E-state index in [4.69, 9.17) is 5.73 Å². The number of hydrogen-bond donors (Lipinski definition) is 1. The van der Waals surface area contributed by atoms with Gasteiger partial charge in [-0.25, -0.2) is 0 Å². The van der Waals surface area contributed by atoms with Crippen LogP contribution in [0.2, 0.25) is 0 Å². The standard InChI is InChI=1S/C16H17NO2.ClH/c1-19-16(18)15(17)11-12-7-9-14(10-8-12)13-5-3-2-4-6-13;/h2-10,15H,11,17H2,1H3;1H/t15-;/m1./s1. The topological polar surface area (TPSA) is 52.3 Å². The lowest BCUT2D eigenvalue weighted by atomic mass is 10.0. The molecule has 2 N–H and O–H groups in total. The van der Waals surface area contributed by atoms with E-state index in [2.05, 4.69) is 16.9 Å². The first-order chi connectivity index (χ1) is 9.20. The number of methoxy groups -OCH3 is 1. The summed E-state index contributed by atoms with van der Waals surface area (Å²) in [5.41, 5.74) is 9.08. The van der Waals surface area contributed by atoms with Crippen molar-refractivity contribution < 1.29 is 9.53 Å². The molecule has 0 amide bonds. The van der Waals surface area contributed by atoms with E-state index < -0.39 is 6.04 Å². The van der Waals surface area contributed by atoms with Gasteiger partial charge in [0.05, 0.1) is 7.11 Å². The van der Waals surface area contributed by atoms with Crippen molar-refractivity contribution in [3.05, 3.63) is 60.2 Å². The molecule has 0 bridgehead atoms. The molecule has 2 rings (SSSR count). The number of carbonyl (C=O) groups excluding carboxylic acids is 1. The van der Waals surface area contributed by atoms with Crippen LogP contribution in [-0.2, 0) is 16.0 Å². The quantitative estimate of drug-likeness (QED) is 0.881. The zero-order valence-corrected chi connectivity index (χ0v) is 12.1. The van der Waals surface area contributed by atoms with E-state index in [1.54, 1.807) is 0 Å². The molecule has 106 valence electrons. The molecule has 0 saturated carbocycles. The molecule has 0 aromatic heterocycles. The lowest BCUT2D eigenvalue weighted by molar-refractivity contribution is -0.142. The van der Waals surface area contributed by atoms with Crippen LogP contribution in [0.3, 0.4) is 0 Å². The fourth-order valence-electron chi connectivity index (χ4n) is 1.95. The molecule has 2 aromatic carbocycles. The third kappa shape index (κ3) is 4.08. The summed E-state index contributed by atoms with van der Waals surface area (Å²) in [6.07, 6.45) is 0.488. The van der Waals surface area contributed by atoms with Crippen molar-refractivity contribution >= 4 is 18.4 Å². The van der Waals surface area contributed by atoms with Crippen LogP contribution in [-0.4, -0.2) is 19.1 Å². The highest BCUT2D eigenvalue weighted by atomic mass is 35.5. The molecule has 0 heterocycles. The molecule has 0 spiro atoms. The van der Waals surface area contributed by atoms with Gasteiger partial charge < -0.3 is 10.5 Å². The molecule has 0 aliphatic rings. The maximum absolute atomic E-state index is 11.3. The average molecular weight is 292 g/mol. The summed E-state index contributed by atoms with van der Waals surface area (Å²) in [7, 11) is 1.35. The predicted molar refractivity (Wildman–Crippen MR) is 82.8 cm³/mol. The predicted octanol–water partition coefficient (Wildman–Crippen LogP) is 2.82. The fraction of sp³-hybridized carbons (Fsp3) is 0.188. The lowest BCUT2D eigenvalue weighted by Crippen LogP contribution is -2.33. The van der Waals surface area contributed by atoms with E-state index >= 15 is 0 Å². The third-order valence-electron chi connectivity index (χ3n) is 3.02. The lowest BCUT2D eigenvalue weighted by Gasteiger charge is -2.09. The Bertz CT molecular complexity index is 540. The number of nitrogens with two attached hydrogens (primary N) is 1. The van der Waals surface area contributed by atoms with Gasteiger partial charge in [0.25, 0.3) is 0 Å². The Morgan fingerprint density at radius 2 is 1.60 bits per heavy atom. The van der Waals surface area contributed by atoms with Crippen LogP contribution in [0.5, 0.6) is 0 Å². The van der Waals surface area contributed by atoms with Crippen LogP contribution in [0.25, 0.3) is 11.1 Å². The molecule has 2 aromatic rings. The highest BCUT2D eigenvalue weighted by Crippen LogP contribution is 2.19. The van der Waals surface area contributed by atoms with Crippen LogP contribution in [0.4, 0.5) is 0 Å². The Kier molecular flexibility index (Phi) is 6.22. The van der Waals surface area contributed by atoms with Gasteiger partial charge in [-0.2, -0.15) is 0 Å². The minimum atomic E-state index is -0.604. The fourth-order valence-corrected chi connectivity index (χ4v) is 1.95. The first-order valence-electron chi connectivity index (χ1n) is 6.18. The zero-order valence-electron chi connectivity index (χ0n) is 11.3. The second-order valence-corrected chi connectivity index (χ2v) is 4.40. The average Bonchev–Trinajstić information content (AvgIpc) is 2.48. The van der Waals surface area contributed by atoms with Crippen molar-refractivity contribution in [2.24, 2.45) is 5.73 Å². The third-order valence-corrected chi connectivity index (χ3v) is 3.02. The molecule has 4 heteroatoms. The van der Waals surface area contributed by atoms with E-state index in [1.165, 1.54) is 12.7 Å². The van der Waals surface area contributed by atoms with Gasteiger partial charge >= 0.3 is 5.97 Å². The number of halogens is 1. The first kappa shape index (κ1) is 16.2. The minimum Gasteiger partial charge on any atom is -0.468 e. The second-order valence-electron chi connectivity index (χ2n) is 4.40. The number of benzene rings is 2. The normalized spacial score (nSPS) is 11.3. The van der Waals surface area contributed by atoms with Crippen LogP contribution in [0, 0.1) is 0 Å². The van der Waals surface area contributed by atoms with Crippen molar-refractivity contribution in [2.45, 2.75) is 12.5 Å². The summed E-state index contributed by atoms with van der Waals surface area (Å²) in [6, 6.07) is 17.6.